The zero-order chi connectivity index (χ0) is 15.6. The maximum absolute atomic E-state index is 12.8. The van der Waals surface area contributed by atoms with E-state index in [0.29, 0.717) is 11.1 Å². The first-order valence-electron chi connectivity index (χ1n) is 6.09. The lowest BCUT2D eigenvalue weighted by atomic mass is 10.3. The molecule has 9 heteroatoms. The van der Waals surface area contributed by atoms with Crippen molar-refractivity contribution in [1.82, 2.24) is 15.0 Å². The number of aromatic nitrogens is 3. The number of aryl methyl sites for hydroxylation is 1. The van der Waals surface area contributed by atoms with Crippen LogP contribution in [0.15, 0.2) is 6.07 Å². The normalized spacial score (nSPS) is 12.3. The van der Waals surface area contributed by atoms with E-state index in [4.69, 9.17) is 9.47 Å². The highest BCUT2D eigenvalue weighted by molar-refractivity contribution is 5.87. The summed E-state index contributed by atoms with van der Waals surface area (Å²) in [7, 11) is 2.88. The summed E-state index contributed by atoms with van der Waals surface area (Å²) in [6.45, 7) is 1.88. The Morgan fingerprint density at radius 2 is 1.95 bits per heavy atom. The number of H-pyrrole nitrogens is 1. The van der Waals surface area contributed by atoms with Crippen LogP contribution in [0.4, 0.5) is 19.0 Å². The summed E-state index contributed by atoms with van der Waals surface area (Å²) in [6.07, 6.45) is -5.21. The molecular formula is C12H15F3N4O2. The average Bonchev–Trinajstić information content (AvgIpc) is 2.79. The van der Waals surface area contributed by atoms with Crippen LogP contribution in [0.3, 0.4) is 0 Å². The predicted molar refractivity (Wildman–Crippen MR) is 69.9 cm³/mol. The Morgan fingerprint density at radius 1 is 1.29 bits per heavy atom. The Balaban J connectivity index is 2.40. The number of hydrogen-bond donors (Lipinski definition) is 2. The summed E-state index contributed by atoms with van der Waals surface area (Å²) in [5.41, 5.74) is 0.820. The lowest BCUT2D eigenvalue weighted by molar-refractivity contribution is -0.144. The molecule has 0 fully saturated rings. The number of anilines is 1. The van der Waals surface area contributed by atoms with Gasteiger partial charge in [-0.1, -0.05) is 0 Å². The first kappa shape index (κ1) is 15.5. The number of hydrogen-bond acceptors (Lipinski definition) is 5. The molecule has 2 rings (SSSR count). The number of nitrogens with zero attached hydrogens (tertiary/aromatic N) is 2. The van der Waals surface area contributed by atoms with Crippen molar-refractivity contribution in [1.29, 1.82) is 0 Å². The van der Waals surface area contributed by atoms with Gasteiger partial charge in [-0.2, -0.15) is 13.2 Å². The number of ether oxygens (including phenoxy) is 2. The van der Waals surface area contributed by atoms with Crippen molar-refractivity contribution in [3.8, 4) is 0 Å². The number of rotatable bonds is 5. The van der Waals surface area contributed by atoms with Crippen molar-refractivity contribution in [2.45, 2.75) is 19.4 Å². The molecule has 0 aromatic carbocycles. The molecule has 21 heavy (non-hydrogen) atoms. The Bertz CT molecular complexity index is 623. The van der Waals surface area contributed by atoms with Gasteiger partial charge >= 0.3 is 6.18 Å². The second-order valence-electron chi connectivity index (χ2n) is 4.39. The average molecular weight is 304 g/mol. The van der Waals surface area contributed by atoms with E-state index in [2.05, 4.69) is 20.3 Å². The van der Waals surface area contributed by atoms with Gasteiger partial charge in [0.2, 0.25) is 5.82 Å². The molecule has 2 aromatic heterocycles. The van der Waals surface area contributed by atoms with Gasteiger partial charge < -0.3 is 19.8 Å². The van der Waals surface area contributed by atoms with Gasteiger partial charge in [0.05, 0.1) is 11.9 Å². The minimum Gasteiger partial charge on any atom is -0.364 e. The highest BCUT2D eigenvalue weighted by Crippen LogP contribution is 2.30. The lowest BCUT2D eigenvalue weighted by Gasteiger charge is -2.15. The Labute approximate surface area is 118 Å². The third kappa shape index (κ3) is 3.42. The molecule has 2 N–H and O–H groups in total. The van der Waals surface area contributed by atoms with Crippen LogP contribution in [0.25, 0.3) is 11.0 Å². The van der Waals surface area contributed by atoms with Crippen LogP contribution >= 0.6 is 0 Å². The lowest BCUT2D eigenvalue weighted by Crippen LogP contribution is -2.24. The van der Waals surface area contributed by atoms with Crippen LogP contribution in [-0.4, -0.2) is 42.0 Å². The Kier molecular flexibility index (Phi) is 4.33. The number of halogens is 3. The summed E-state index contributed by atoms with van der Waals surface area (Å²) in [4.78, 5) is 9.82. The highest BCUT2D eigenvalue weighted by Gasteiger charge is 2.35. The second-order valence-corrected chi connectivity index (χ2v) is 4.39. The predicted octanol–water partition coefficient (Wildman–Crippen LogP) is 2.32. The van der Waals surface area contributed by atoms with E-state index in [1.165, 1.54) is 14.2 Å². The Morgan fingerprint density at radius 3 is 2.52 bits per heavy atom. The molecule has 0 radical (unpaired) electrons. The SMILES string of the molecule is COC(CNc1nc(C(F)(F)F)nc2[nH]c(C)cc12)OC. The second kappa shape index (κ2) is 5.86. The van der Waals surface area contributed by atoms with Gasteiger partial charge in [-0.05, 0) is 13.0 Å². The number of alkyl halides is 3. The quantitative estimate of drug-likeness (QED) is 0.829. The molecule has 0 unspecified atom stereocenters. The van der Waals surface area contributed by atoms with Crippen molar-refractivity contribution in [3.05, 3.63) is 17.6 Å². The van der Waals surface area contributed by atoms with Gasteiger partial charge in [0.25, 0.3) is 0 Å². The van der Waals surface area contributed by atoms with Crippen molar-refractivity contribution in [2.75, 3.05) is 26.1 Å². The van der Waals surface area contributed by atoms with Crippen molar-refractivity contribution in [3.63, 3.8) is 0 Å². The monoisotopic (exact) mass is 304 g/mol. The van der Waals surface area contributed by atoms with E-state index in [9.17, 15) is 13.2 Å². The van der Waals surface area contributed by atoms with Crippen LogP contribution in [0, 0.1) is 6.92 Å². The van der Waals surface area contributed by atoms with Crippen molar-refractivity contribution >= 4 is 16.9 Å². The van der Waals surface area contributed by atoms with E-state index in [1.54, 1.807) is 13.0 Å². The number of aromatic amines is 1. The molecule has 0 saturated heterocycles. The van der Waals surface area contributed by atoms with E-state index in [1.807, 2.05) is 0 Å². The molecule has 0 spiro atoms. The fourth-order valence-electron chi connectivity index (χ4n) is 1.85. The minimum absolute atomic E-state index is 0.0794. The molecule has 116 valence electrons. The van der Waals surface area contributed by atoms with E-state index in [0.717, 1.165) is 0 Å². The number of methoxy groups -OCH3 is 2. The summed E-state index contributed by atoms with van der Waals surface area (Å²) in [5.74, 6) is -1.12. The molecule has 0 aliphatic rings. The van der Waals surface area contributed by atoms with Gasteiger partial charge in [-0.3, -0.25) is 0 Å². The first-order chi connectivity index (χ1) is 9.85. The number of nitrogens with one attached hydrogen (secondary N) is 2. The minimum atomic E-state index is -4.62. The van der Waals surface area contributed by atoms with Crippen LogP contribution in [0.5, 0.6) is 0 Å². The van der Waals surface area contributed by atoms with Crippen molar-refractivity contribution in [2.24, 2.45) is 0 Å². The fraction of sp³-hybridized carbons (Fsp3) is 0.500. The zero-order valence-corrected chi connectivity index (χ0v) is 11.7. The van der Waals surface area contributed by atoms with Crippen LogP contribution in [0.1, 0.15) is 11.5 Å². The van der Waals surface area contributed by atoms with Crippen LogP contribution in [0.2, 0.25) is 0 Å². The molecule has 0 amide bonds. The van der Waals surface area contributed by atoms with E-state index >= 15 is 0 Å². The molecule has 2 heterocycles. The maximum Gasteiger partial charge on any atom is 0.451 e. The highest BCUT2D eigenvalue weighted by atomic mass is 19.4. The standard InChI is InChI=1S/C12H15F3N4O2/c1-6-4-7-9(16-5-8(20-2)21-3)18-11(12(13,14)15)19-10(7)17-6/h4,8H,5H2,1-3H3,(H2,16,17,18,19). The van der Waals surface area contributed by atoms with Gasteiger partial charge in [-0.25, -0.2) is 9.97 Å². The van der Waals surface area contributed by atoms with Gasteiger partial charge in [-0.15, -0.1) is 0 Å². The number of fused-ring (bicyclic) bond motifs is 1. The van der Waals surface area contributed by atoms with E-state index < -0.39 is 18.3 Å². The molecule has 0 atom stereocenters. The summed E-state index contributed by atoms with van der Waals surface area (Å²) in [5, 5.41) is 3.27. The third-order valence-corrected chi connectivity index (χ3v) is 2.84. The topological polar surface area (TPSA) is 72.1 Å². The molecule has 0 aliphatic heterocycles. The summed E-state index contributed by atoms with van der Waals surface area (Å²) < 4.78 is 48.4. The van der Waals surface area contributed by atoms with Gasteiger partial charge in [0.1, 0.15) is 11.5 Å². The van der Waals surface area contributed by atoms with Gasteiger partial charge in [0, 0.05) is 19.9 Å². The van der Waals surface area contributed by atoms with Crippen molar-refractivity contribution < 1.29 is 22.6 Å². The molecule has 2 aromatic rings. The van der Waals surface area contributed by atoms with Crippen LogP contribution < -0.4 is 5.32 Å². The largest absolute Gasteiger partial charge is 0.451 e. The molecule has 0 aliphatic carbocycles. The zero-order valence-electron chi connectivity index (χ0n) is 11.7. The maximum atomic E-state index is 12.8. The fourth-order valence-corrected chi connectivity index (χ4v) is 1.85. The van der Waals surface area contributed by atoms with Crippen LogP contribution in [-0.2, 0) is 15.7 Å². The van der Waals surface area contributed by atoms with Gasteiger partial charge in [0.15, 0.2) is 6.29 Å². The summed E-state index contributed by atoms with van der Waals surface area (Å²) in [6, 6.07) is 1.67. The molecule has 0 bridgehead atoms. The molecule has 6 nitrogen and oxygen atoms in total. The summed E-state index contributed by atoms with van der Waals surface area (Å²) >= 11 is 0. The molecule has 0 saturated carbocycles. The first-order valence-corrected chi connectivity index (χ1v) is 6.09. The van der Waals surface area contributed by atoms with E-state index in [-0.39, 0.29) is 18.0 Å². The third-order valence-electron chi connectivity index (χ3n) is 2.84. The Hall–Kier alpha value is -1.87. The molecular weight excluding hydrogens is 289 g/mol. The smallest absolute Gasteiger partial charge is 0.364 e.